The van der Waals surface area contributed by atoms with E-state index in [4.69, 9.17) is 14.5 Å². The van der Waals surface area contributed by atoms with E-state index in [1.165, 1.54) is 6.33 Å². The summed E-state index contributed by atoms with van der Waals surface area (Å²) in [6, 6.07) is 5.82. The molecule has 190 valence electrons. The molecule has 0 radical (unpaired) electrons. The van der Waals surface area contributed by atoms with Crippen LogP contribution in [0, 0.1) is 5.92 Å². The Balaban J connectivity index is 1.82. The number of aromatic amines is 1. The average molecular weight is 484 g/mol. The Morgan fingerprint density at radius 1 is 1.29 bits per heavy atom. The molecule has 2 N–H and O–H groups in total. The van der Waals surface area contributed by atoms with Crippen LogP contribution in [0.25, 0.3) is 11.0 Å². The zero-order valence-electron chi connectivity index (χ0n) is 21.2. The van der Waals surface area contributed by atoms with Crippen molar-refractivity contribution in [2.24, 2.45) is 5.92 Å². The van der Waals surface area contributed by atoms with E-state index in [1.54, 1.807) is 14.2 Å². The zero-order chi connectivity index (χ0) is 24.8. The minimum absolute atomic E-state index is 0.108. The monoisotopic (exact) mass is 483 g/mol. The Hall–Kier alpha value is -2.98. The van der Waals surface area contributed by atoms with Crippen molar-refractivity contribution in [1.82, 2.24) is 34.9 Å². The minimum atomic E-state index is -0.626. The molecule has 1 aliphatic heterocycles. The van der Waals surface area contributed by atoms with Crippen LogP contribution >= 0.6 is 0 Å². The Bertz CT molecular complexity index is 1100. The van der Waals surface area contributed by atoms with Gasteiger partial charge in [-0.3, -0.25) is 9.89 Å². The van der Waals surface area contributed by atoms with Crippen molar-refractivity contribution >= 4 is 16.9 Å². The van der Waals surface area contributed by atoms with E-state index in [1.807, 2.05) is 27.7 Å². The molecule has 3 aromatic rings. The number of carbonyl (C=O) groups excluding carboxylic acids is 1. The van der Waals surface area contributed by atoms with Crippen LogP contribution < -0.4 is 10.1 Å². The molecule has 0 bridgehead atoms. The van der Waals surface area contributed by atoms with E-state index in [0.29, 0.717) is 49.2 Å². The van der Waals surface area contributed by atoms with Crippen molar-refractivity contribution in [3.05, 3.63) is 36.2 Å². The number of ether oxygens (including phenoxy) is 2. The van der Waals surface area contributed by atoms with Gasteiger partial charge in [-0.2, -0.15) is 5.10 Å². The van der Waals surface area contributed by atoms with Gasteiger partial charge in [0.2, 0.25) is 0 Å². The van der Waals surface area contributed by atoms with Gasteiger partial charge in [0.05, 0.1) is 12.6 Å². The summed E-state index contributed by atoms with van der Waals surface area (Å²) < 4.78 is 12.9. The number of aromatic nitrogens is 5. The number of rotatable bonds is 11. The second kappa shape index (κ2) is 11.2. The Labute approximate surface area is 206 Å². The van der Waals surface area contributed by atoms with Gasteiger partial charge >= 0.3 is 0 Å². The number of aryl methyl sites for hydroxylation is 1. The summed E-state index contributed by atoms with van der Waals surface area (Å²) in [5.74, 6) is 1.94. The van der Waals surface area contributed by atoms with Gasteiger partial charge in [0.25, 0.3) is 5.91 Å². The highest BCUT2D eigenvalue weighted by atomic mass is 16.5. The SMILES string of the molecule is COCCCCn1c(C(=O)N(CC(C)C)[C@]2(c3ncn[nH]3)CCCNC2)nc2c(OC)cccc21. The van der Waals surface area contributed by atoms with E-state index in [2.05, 4.69) is 34.3 Å². The molecule has 1 amide bonds. The van der Waals surface area contributed by atoms with Gasteiger partial charge in [0.15, 0.2) is 11.6 Å². The molecule has 10 heteroatoms. The molecule has 3 heterocycles. The summed E-state index contributed by atoms with van der Waals surface area (Å²) in [6.45, 7) is 7.69. The molecule has 0 spiro atoms. The summed E-state index contributed by atoms with van der Waals surface area (Å²) in [5.41, 5.74) is 0.967. The first-order valence-corrected chi connectivity index (χ1v) is 12.4. The molecule has 0 saturated carbocycles. The number of carbonyl (C=O) groups is 1. The van der Waals surface area contributed by atoms with Crippen molar-refractivity contribution in [3.8, 4) is 5.75 Å². The first kappa shape index (κ1) is 25.1. The van der Waals surface area contributed by atoms with Crippen LogP contribution in [0.2, 0.25) is 0 Å². The predicted molar refractivity (Wildman–Crippen MR) is 133 cm³/mol. The number of para-hydroxylation sites is 1. The first-order chi connectivity index (χ1) is 17.0. The number of fused-ring (bicyclic) bond motifs is 1. The van der Waals surface area contributed by atoms with Crippen LogP contribution in [0.15, 0.2) is 24.5 Å². The topological polar surface area (TPSA) is 110 Å². The zero-order valence-corrected chi connectivity index (χ0v) is 21.2. The lowest BCUT2D eigenvalue weighted by Gasteiger charge is -2.45. The number of nitrogens with zero attached hydrogens (tertiary/aromatic N) is 5. The average Bonchev–Trinajstić information content (AvgIpc) is 3.54. The summed E-state index contributed by atoms with van der Waals surface area (Å²) in [6.07, 6.45) is 5.01. The molecule has 0 aliphatic carbocycles. The number of hydrogen-bond donors (Lipinski definition) is 2. The van der Waals surface area contributed by atoms with E-state index < -0.39 is 5.54 Å². The number of nitrogens with one attached hydrogen (secondary N) is 2. The van der Waals surface area contributed by atoms with Crippen LogP contribution in [0.5, 0.6) is 5.75 Å². The van der Waals surface area contributed by atoms with Crippen LogP contribution in [0.4, 0.5) is 0 Å². The van der Waals surface area contributed by atoms with Gasteiger partial charge in [0.1, 0.15) is 23.1 Å². The second-order valence-electron chi connectivity index (χ2n) is 9.57. The molecule has 0 unspecified atom stereocenters. The fraction of sp³-hybridized carbons (Fsp3) is 0.600. The minimum Gasteiger partial charge on any atom is -0.494 e. The van der Waals surface area contributed by atoms with Crippen molar-refractivity contribution in [2.75, 3.05) is 40.5 Å². The van der Waals surface area contributed by atoms with E-state index in [9.17, 15) is 4.79 Å². The second-order valence-corrected chi connectivity index (χ2v) is 9.57. The molecule has 35 heavy (non-hydrogen) atoms. The van der Waals surface area contributed by atoms with Crippen LogP contribution in [0.1, 0.15) is 56.0 Å². The number of H-pyrrole nitrogens is 1. The van der Waals surface area contributed by atoms with Crippen LogP contribution in [0.3, 0.4) is 0 Å². The highest BCUT2D eigenvalue weighted by molar-refractivity contribution is 5.96. The van der Waals surface area contributed by atoms with E-state index >= 15 is 0 Å². The van der Waals surface area contributed by atoms with Gasteiger partial charge in [-0.25, -0.2) is 9.97 Å². The van der Waals surface area contributed by atoms with Gasteiger partial charge in [-0.15, -0.1) is 0 Å². The fourth-order valence-corrected chi connectivity index (χ4v) is 5.01. The molecule has 1 saturated heterocycles. The maximum atomic E-state index is 14.4. The summed E-state index contributed by atoms with van der Waals surface area (Å²) >= 11 is 0. The molecule has 1 fully saturated rings. The lowest BCUT2D eigenvalue weighted by molar-refractivity contribution is 0.0267. The lowest BCUT2D eigenvalue weighted by Crippen LogP contribution is -2.59. The van der Waals surface area contributed by atoms with Crippen LogP contribution in [-0.4, -0.2) is 76.0 Å². The van der Waals surface area contributed by atoms with Crippen LogP contribution in [-0.2, 0) is 16.8 Å². The molecular formula is C25H37N7O3. The number of methoxy groups -OCH3 is 2. The Morgan fingerprint density at radius 3 is 2.80 bits per heavy atom. The highest BCUT2D eigenvalue weighted by Gasteiger charge is 2.46. The molecule has 1 aliphatic rings. The third-order valence-corrected chi connectivity index (χ3v) is 6.66. The predicted octanol–water partition coefficient (Wildman–Crippen LogP) is 2.97. The smallest absolute Gasteiger partial charge is 0.290 e. The van der Waals surface area contributed by atoms with E-state index in [-0.39, 0.29) is 11.8 Å². The number of imidazole rings is 1. The first-order valence-electron chi connectivity index (χ1n) is 12.4. The molecule has 4 rings (SSSR count). The van der Waals surface area contributed by atoms with Crippen molar-refractivity contribution in [2.45, 2.75) is 51.6 Å². The maximum absolute atomic E-state index is 14.4. The largest absolute Gasteiger partial charge is 0.494 e. The quantitative estimate of drug-likeness (QED) is 0.404. The van der Waals surface area contributed by atoms with Gasteiger partial charge in [0, 0.05) is 33.4 Å². The number of piperidine rings is 1. The lowest BCUT2D eigenvalue weighted by atomic mass is 9.86. The van der Waals surface area contributed by atoms with Gasteiger partial charge in [-0.1, -0.05) is 19.9 Å². The Kier molecular flexibility index (Phi) is 8.02. The van der Waals surface area contributed by atoms with E-state index in [0.717, 1.165) is 37.7 Å². The summed E-state index contributed by atoms with van der Waals surface area (Å²) in [5, 5.41) is 10.7. The number of unbranched alkanes of at least 4 members (excludes halogenated alkanes) is 1. The Morgan fingerprint density at radius 2 is 2.14 bits per heavy atom. The normalized spacial score (nSPS) is 18.3. The molecule has 1 aromatic carbocycles. The highest BCUT2D eigenvalue weighted by Crippen LogP contribution is 2.36. The number of amides is 1. The third kappa shape index (κ3) is 5.04. The van der Waals surface area contributed by atoms with Gasteiger partial charge in [-0.05, 0) is 50.3 Å². The summed E-state index contributed by atoms with van der Waals surface area (Å²) in [4.78, 5) is 25.8. The molecular weight excluding hydrogens is 446 g/mol. The molecule has 2 aromatic heterocycles. The molecule has 10 nitrogen and oxygen atoms in total. The number of hydrogen-bond acceptors (Lipinski definition) is 7. The summed E-state index contributed by atoms with van der Waals surface area (Å²) in [7, 11) is 3.34. The maximum Gasteiger partial charge on any atom is 0.290 e. The third-order valence-electron chi connectivity index (χ3n) is 6.66. The van der Waals surface area contributed by atoms with Crippen molar-refractivity contribution in [1.29, 1.82) is 0 Å². The molecule has 1 atom stereocenters. The van der Waals surface area contributed by atoms with Crippen molar-refractivity contribution in [3.63, 3.8) is 0 Å². The fourth-order valence-electron chi connectivity index (χ4n) is 5.01. The van der Waals surface area contributed by atoms with Crippen molar-refractivity contribution < 1.29 is 14.3 Å². The number of benzene rings is 1. The van der Waals surface area contributed by atoms with Gasteiger partial charge < -0.3 is 24.3 Å². The standard InChI is InChI=1S/C25H37N7O3/c1-18(2)15-32(25(11-8-12-26-16-25)24-27-17-28-30-24)23(33)22-29-21-19(9-7-10-20(21)35-4)31(22)13-5-6-14-34-3/h7,9-10,17-18,26H,5-6,8,11-16H2,1-4H3,(H,27,28,30)/t25-/m1/s1.